The lowest BCUT2D eigenvalue weighted by Gasteiger charge is -2.49. The molecular formula is C26H38N2O16. The van der Waals surface area contributed by atoms with Gasteiger partial charge in [0, 0.05) is 48.5 Å². The van der Waals surface area contributed by atoms with E-state index >= 15 is 0 Å². The van der Waals surface area contributed by atoms with E-state index in [0.717, 1.165) is 48.5 Å². The van der Waals surface area contributed by atoms with Crippen molar-refractivity contribution in [1.82, 2.24) is 10.6 Å². The van der Waals surface area contributed by atoms with Crippen LogP contribution in [0.1, 0.15) is 48.5 Å². The minimum Gasteiger partial charge on any atom is -0.463 e. The molecule has 44 heavy (non-hydrogen) atoms. The summed E-state index contributed by atoms with van der Waals surface area (Å²) in [6, 6.07) is -2.88. The molecular weight excluding hydrogens is 596 g/mol. The van der Waals surface area contributed by atoms with Crippen molar-refractivity contribution in [3.05, 3.63) is 0 Å². The molecule has 3 N–H and O–H groups in total. The second-order valence-corrected chi connectivity index (χ2v) is 9.99. The molecule has 0 aromatic heterocycles. The molecule has 6 unspecified atom stereocenters. The SMILES string of the molecule is CC(=O)NC1C(OC(C)=O)[C@H](OC(C)=O)C(COC(C)=O)O[C@H]1OC1C(NC(C)=O)[C@@H](O)OC(COC(C)=O)[C@@H]1OC(C)=O. The zero-order chi connectivity index (χ0) is 33.3. The molecule has 0 aliphatic carbocycles. The average Bonchev–Trinajstić information content (AvgIpc) is 2.87. The number of aliphatic hydroxyl groups is 1. The lowest BCUT2D eigenvalue weighted by Crippen LogP contribution is -2.70. The number of amides is 2. The number of aliphatic hydroxyl groups excluding tert-OH is 1. The van der Waals surface area contributed by atoms with E-state index in [9.17, 15) is 38.7 Å². The molecule has 2 rings (SSSR count). The summed E-state index contributed by atoms with van der Waals surface area (Å²) in [6.45, 7) is 6.60. The summed E-state index contributed by atoms with van der Waals surface area (Å²) in [5.74, 6) is -5.31. The number of hydrogen-bond acceptors (Lipinski definition) is 16. The van der Waals surface area contributed by atoms with Crippen molar-refractivity contribution >= 4 is 41.7 Å². The van der Waals surface area contributed by atoms with Crippen molar-refractivity contribution in [3.63, 3.8) is 0 Å². The molecule has 0 bridgehead atoms. The second kappa shape index (κ2) is 16.3. The Labute approximate surface area is 252 Å². The monoisotopic (exact) mass is 634 g/mol. The summed E-state index contributed by atoms with van der Waals surface area (Å²) in [6.07, 6.45) is -12.1. The van der Waals surface area contributed by atoms with Gasteiger partial charge in [-0.2, -0.15) is 0 Å². The number of esters is 5. The maximum Gasteiger partial charge on any atom is 0.303 e. The van der Waals surface area contributed by atoms with Crippen LogP contribution in [0.5, 0.6) is 0 Å². The predicted octanol–water partition coefficient (Wildman–Crippen LogP) is -2.26. The fraction of sp³-hybridized carbons (Fsp3) is 0.731. The van der Waals surface area contributed by atoms with Crippen molar-refractivity contribution in [2.45, 2.75) is 110 Å². The number of hydrogen-bond donors (Lipinski definition) is 3. The van der Waals surface area contributed by atoms with Gasteiger partial charge in [-0.05, 0) is 0 Å². The van der Waals surface area contributed by atoms with Crippen LogP contribution in [0.15, 0.2) is 0 Å². The van der Waals surface area contributed by atoms with Crippen LogP contribution < -0.4 is 10.6 Å². The number of rotatable bonds is 11. The summed E-state index contributed by atoms with van der Waals surface area (Å²) in [5.41, 5.74) is 0. The third-order valence-corrected chi connectivity index (χ3v) is 6.15. The quantitative estimate of drug-likeness (QED) is 0.161. The van der Waals surface area contributed by atoms with Gasteiger partial charge in [0.25, 0.3) is 0 Å². The molecule has 10 atom stereocenters. The van der Waals surface area contributed by atoms with Crippen molar-refractivity contribution in [1.29, 1.82) is 0 Å². The van der Waals surface area contributed by atoms with Gasteiger partial charge in [-0.3, -0.25) is 33.6 Å². The number of ether oxygens (including phenoxy) is 8. The van der Waals surface area contributed by atoms with Gasteiger partial charge < -0.3 is 53.6 Å². The highest BCUT2D eigenvalue weighted by Gasteiger charge is 2.55. The van der Waals surface area contributed by atoms with Crippen LogP contribution in [-0.4, -0.2) is 121 Å². The third kappa shape index (κ3) is 10.7. The summed E-state index contributed by atoms with van der Waals surface area (Å²) < 4.78 is 44.0. The maximum atomic E-state index is 12.3. The maximum absolute atomic E-state index is 12.3. The van der Waals surface area contributed by atoms with E-state index < -0.39 is 116 Å². The summed E-state index contributed by atoms with van der Waals surface area (Å²) in [5, 5.41) is 15.8. The van der Waals surface area contributed by atoms with Crippen LogP contribution in [0.4, 0.5) is 0 Å². The first-order valence-corrected chi connectivity index (χ1v) is 13.5. The molecule has 0 radical (unpaired) electrons. The molecule has 0 aromatic carbocycles. The van der Waals surface area contributed by atoms with Gasteiger partial charge in [0.2, 0.25) is 11.8 Å². The summed E-state index contributed by atoms with van der Waals surface area (Å²) in [4.78, 5) is 83.9. The third-order valence-electron chi connectivity index (χ3n) is 6.15. The van der Waals surface area contributed by atoms with Gasteiger partial charge in [-0.25, -0.2) is 0 Å². The Bertz CT molecular complexity index is 1100. The minimum atomic E-state index is -1.81. The normalized spacial score (nSPS) is 31.5. The molecule has 248 valence electrons. The van der Waals surface area contributed by atoms with Crippen LogP contribution in [0, 0.1) is 0 Å². The van der Waals surface area contributed by atoms with Crippen molar-refractivity contribution in [2.24, 2.45) is 0 Å². The molecule has 2 saturated heterocycles. The van der Waals surface area contributed by atoms with Crippen molar-refractivity contribution in [2.75, 3.05) is 13.2 Å². The van der Waals surface area contributed by atoms with E-state index in [1.54, 1.807) is 0 Å². The molecule has 2 fully saturated rings. The molecule has 2 aliphatic heterocycles. The molecule has 0 saturated carbocycles. The Morgan fingerprint density at radius 1 is 0.568 bits per heavy atom. The Balaban J connectivity index is 2.66. The van der Waals surface area contributed by atoms with Gasteiger partial charge in [-0.1, -0.05) is 0 Å². The molecule has 2 aliphatic rings. The molecule has 2 amide bonds. The largest absolute Gasteiger partial charge is 0.463 e. The highest BCUT2D eigenvalue weighted by atomic mass is 16.7. The first-order valence-electron chi connectivity index (χ1n) is 13.5. The predicted molar refractivity (Wildman–Crippen MR) is 140 cm³/mol. The Morgan fingerprint density at radius 2 is 0.977 bits per heavy atom. The highest BCUT2D eigenvalue weighted by Crippen LogP contribution is 2.33. The van der Waals surface area contributed by atoms with Gasteiger partial charge in [-0.15, -0.1) is 0 Å². The number of nitrogens with one attached hydrogen (secondary N) is 2. The highest BCUT2D eigenvalue weighted by molar-refractivity contribution is 5.74. The first kappa shape index (κ1) is 36.3. The molecule has 18 heteroatoms. The summed E-state index contributed by atoms with van der Waals surface area (Å²) in [7, 11) is 0. The smallest absolute Gasteiger partial charge is 0.303 e. The van der Waals surface area contributed by atoms with Crippen LogP contribution in [-0.2, 0) is 71.5 Å². The van der Waals surface area contributed by atoms with Crippen LogP contribution in [0.2, 0.25) is 0 Å². The average molecular weight is 635 g/mol. The Morgan fingerprint density at radius 3 is 1.41 bits per heavy atom. The van der Waals surface area contributed by atoms with E-state index in [4.69, 9.17) is 37.9 Å². The zero-order valence-corrected chi connectivity index (χ0v) is 25.3. The Hall–Kier alpha value is -3.87. The topological polar surface area (TPSA) is 238 Å². The van der Waals surface area contributed by atoms with Crippen LogP contribution >= 0.6 is 0 Å². The molecule has 0 spiro atoms. The molecule has 0 aromatic rings. The van der Waals surface area contributed by atoms with Gasteiger partial charge in [0.1, 0.15) is 43.6 Å². The standard InChI is InChI=1S/C26H38N2O16/c1-10(29)27-19-23(21(39-14(5)33)17(42-25(19)36)8-37-12(3)31)44-26-20(28-11(2)30)24(41-16(7)35)22(40-15(6)34)18(43-26)9-38-13(4)32/h17-26,36H,8-9H2,1-7H3,(H,27,29)(H,28,30)/t17?,18?,19?,20?,21-,22+,23?,24?,25-,26-/m0/s1. The number of carbonyl (C=O) groups excluding carboxylic acids is 7. The fourth-order valence-electron chi connectivity index (χ4n) is 4.70. The summed E-state index contributed by atoms with van der Waals surface area (Å²) >= 11 is 0. The van der Waals surface area contributed by atoms with E-state index in [1.807, 2.05) is 0 Å². The van der Waals surface area contributed by atoms with Crippen LogP contribution in [0.3, 0.4) is 0 Å². The van der Waals surface area contributed by atoms with Gasteiger partial charge in [0.05, 0.1) is 0 Å². The zero-order valence-electron chi connectivity index (χ0n) is 25.3. The van der Waals surface area contributed by atoms with E-state index in [0.29, 0.717) is 0 Å². The lowest BCUT2D eigenvalue weighted by atomic mass is 9.94. The second-order valence-electron chi connectivity index (χ2n) is 9.99. The van der Waals surface area contributed by atoms with Gasteiger partial charge in [0.15, 0.2) is 30.9 Å². The molecule has 2 heterocycles. The molecule has 18 nitrogen and oxygen atoms in total. The first-order chi connectivity index (χ1) is 20.5. The minimum absolute atomic E-state index is 0.517. The van der Waals surface area contributed by atoms with E-state index in [2.05, 4.69) is 10.6 Å². The fourth-order valence-corrected chi connectivity index (χ4v) is 4.70. The van der Waals surface area contributed by atoms with Crippen LogP contribution in [0.25, 0.3) is 0 Å². The number of carbonyl (C=O) groups is 7. The lowest BCUT2D eigenvalue weighted by molar-refractivity contribution is -0.326. The Kier molecular flexibility index (Phi) is 13.4. The van der Waals surface area contributed by atoms with Crippen molar-refractivity contribution in [3.8, 4) is 0 Å². The van der Waals surface area contributed by atoms with Gasteiger partial charge >= 0.3 is 29.8 Å². The van der Waals surface area contributed by atoms with E-state index in [1.165, 1.54) is 0 Å². The van der Waals surface area contributed by atoms with E-state index in [-0.39, 0.29) is 0 Å². The van der Waals surface area contributed by atoms with Crippen molar-refractivity contribution < 1.29 is 76.6 Å².